The minimum atomic E-state index is -0.563. The number of hydrogen-bond acceptors (Lipinski definition) is 2. The van der Waals surface area contributed by atoms with Crippen LogP contribution in [0.5, 0.6) is 0 Å². The van der Waals surface area contributed by atoms with E-state index in [2.05, 4.69) is 0 Å². The Hall–Kier alpha value is -1.15. The van der Waals surface area contributed by atoms with Crippen molar-refractivity contribution in [3.05, 3.63) is 35.4 Å². The van der Waals surface area contributed by atoms with E-state index in [9.17, 15) is 9.90 Å². The second-order valence-electron chi connectivity index (χ2n) is 5.89. The highest BCUT2D eigenvalue weighted by molar-refractivity contribution is 6.00. The van der Waals surface area contributed by atoms with Crippen molar-refractivity contribution in [3.8, 4) is 0 Å². The summed E-state index contributed by atoms with van der Waals surface area (Å²) in [6.07, 6.45) is 6.50. The van der Waals surface area contributed by atoms with Crippen LogP contribution < -0.4 is 0 Å². The number of ketones is 1. The number of rotatable bonds is 2. The Labute approximate surface area is 108 Å². The van der Waals surface area contributed by atoms with E-state index >= 15 is 0 Å². The number of carbonyl (C=O) groups excluding carboxylic acids is 1. The summed E-state index contributed by atoms with van der Waals surface area (Å²) in [6.45, 7) is 0. The molecular weight excluding hydrogens is 224 g/mol. The Kier molecular flexibility index (Phi) is 2.98. The number of aryl methyl sites for hydroxylation is 1. The molecule has 1 N–H and O–H groups in total. The predicted octanol–water partition coefficient (Wildman–Crippen LogP) is 3.13. The summed E-state index contributed by atoms with van der Waals surface area (Å²) in [5, 5.41) is 10.5. The summed E-state index contributed by atoms with van der Waals surface area (Å²) in [5.41, 5.74) is 1.50. The molecule has 0 aliphatic heterocycles. The Balaban J connectivity index is 1.78. The van der Waals surface area contributed by atoms with Gasteiger partial charge in [0, 0.05) is 11.5 Å². The van der Waals surface area contributed by atoms with Gasteiger partial charge in [-0.05, 0) is 37.7 Å². The van der Waals surface area contributed by atoms with Crippen molar-refractivity contribution in [3.63, 3.8) is 0 Å². The molecule has 0 aromatic heterocycles. The fraction of sp³-hybridized carbons (Fsp3) is 0.562. The van der Waals surface area contributed by atoms with Crippen molar-refractivity contribution in [2.45, 2.75) is 50.5 Å². The van der Waals surface area contributed by atoms with Crippen molar-refractivity contribution in [1.29, 1.82) is 0 Å². The molecule has 2 aliphatic carbocycles. The van der Waals surface area contributed by atoms with Crippen LogP contribution in [-0.4, -0.2) is 16.5 Å². The number of hydrogen-bond donors (Lipinski definition) is 1. The largest absolute Gasteiger partial charge is 0.390 e. The molecule has 1 fully saturated rings. The van der Waals surface area contributed by atoms with E-state index in [4.69, 9.17) is 0 Å². The first-order valence-corrected chi connectivity index (χ1v) is 7.02. The van der Waals surface area contributed by atoms with E-state index in [1.165, 1.54) is 5.56 Å². The van der Waals surface area contributed by atoms with Gasteiger partial charge in [-0.15, -0.1) is 0 Å². The lowest BCUT2D eigenvalue weighted by Crippen LogP contribution is -2.33. The molecule has 2 nitrogen and oxygen atoms in total. The summed E-state index contributed by atoms with van der Waals surface area (Å²) in [6, 6.07) is 7.91. The summed E-state index contributed by atoms with van der Waals surface area (Å²) in [4.78, 5) is 12.4. The first-order valence-electron chi connectivity index (χ1n) is 7.02. The Morgan fingerprint density at radius 3 is 2.72 bits per heavy atom. The minimum absolute atomic E-state index is 0.0306. The predicted molar refractivity (Wildman–Crippen MR) is 70.6 cm³/mol. The van der Waals surface area contributed by atoms with Crippen molar-refractivity contribution in [1.82, 2.24) is 0 Å². The molecule has 18 heavy (non-hydrogen) atoms. The molecular formula is C16H20O2. The molecule has 0 spiro atoms. The van der Waals surface area contributed by atoms with E-state index in [0.717, 1.165) is 44.1 Å². The third kappa shape index (κ3) is 2.10. The lowest BCUT2D eigenvalue weighted by molar-refractivity contribution is 0.0200. The summed E-state index contributed by atoms with van der Waals surface area (Å²) >= 11 is 0. The van der Waals surface area contributed by atoms with E-state index in [0.29, 0.717) is 6.42 Å². The van der Waals surface area contributed by atoms with Gasteiger partial charge in [0.1, 0.15) is 0 Å². The summed E-state index contributed by atoms with van der Waals surface area (Å²) in [7, 11) is 0. The lowest BCUT2D eigenvalue weighted by Gasteiger charge is -2.30. The topological polar surface area (TPSA) is 37.3 Å². The fourth-order valence-electron chi connectivity index (χ4n) is 3.55. The first kappa shape index (κ1) is 11.9. The number of benzene rings is 1. The fourth-order valence-corrected chi connectivity index (χ4v) is 3.55. The van der Waals surface area contributed by atoms with E-state index in [1.807, 2.05) is 24.3 Å². The quantitative estimate of drug-likeness (QED) is 0.867. The maximum atomic E-state index is 12.4. The third-order valence-corrected chi connectivity index (χ3v) is 4.58. The molecule has 3 rings (SSSR count). The van der Waals surface area contributed by atoms with Crippen molar-refractivity contribution in [2.75, 3.05) is 0 Å². The second-order valence-corrected chi connectivity index (χ2v) is 5.89. The van der Waals surface area contributed by atoms with Crippen molar-refractivity contribution < 1.29 is 9.90 Å². The van der Waals surface area contributed by atoms with E-state index in [1.54, 1.807) is 0 Å². The molecule has 0 radical (unpaired) electrons. The molecule has 1 saturated carbocycles. The van der Waals surface area contributed by atoms with Crippen LogP contribution in [0.4, 0.5) is 0 Å². The highest BCUT2D eigenvalue weighted by atomic mass is 16.3. The first-order chi connectivity index (χ1) is 8.68. The molecule has 2 aliphatic rings. The molecule has 0 saturated heterocycles. The smallest absolute Gasteiger partial charge is 0.166 e. The normalized spacial score (nSPS) is 26.1. The minimum Gasteiger partial charge on any atom is -0.390 e. The highest BCUT2D eigenvalue weighted by Crippen LogP contribution is 2.38. The Bertz CT molecular complexity index is 458. The van der Waals surface area contributed by atoms with E-state index < -0.39 is 5.60 Å². The van der Waals surface area contributed by atoms with Gasteiger partial charge in [0.05, 0.1) is 5.60 Å². The molecule has 1 atom stereocenters. The zero-order valence-electron chi connectivity index (χ0n) is 10.7. The number of carbonyl (C=O) groups is 1. The average molecular weight is 244 g/mol. The van der Waals surface area contributed by atoms with Crippen molar-refractivity contribution >= 4 is 5.78 Å². The van der Waals surface area contributed by atoms with Crippen LogP contribution in [0, 0.1) is 5.92 Å². The second kappa shape index (κ2) is 4.51. The maximum Gasteiger partial charge on any atom is 0.166 e. The average Bonchev–Trinajstić information content (AvgIpc) is 2.80. The molecule has 1 aromatic rings. The van der Waals surface area contributed by atoms with Gasteiger partial charge < -0.3 is 5.11 Å². The monoisotopic (exact) mass is 244 g/mol. The van der Waals surface area contributed by atoms with Gasteiger partial charge in [-0.2, -0.15) is 0 Å². The van der Waals surface area contributed by atoms with Crippen LogP contribution in [0.25, 0.3) is 0 Å². The molecule has 1 aromatic carbocycles. The van der Waals surface area contributed by atoms with Crippen molar-refractivity contribution in [2.24, 2.45) is 5.92 Å². The molecule has 96 valence electrons. The van der Waals surface area contributed by atoms with E-state index in [-0.39, 0.29) is 11.7 Å². The van der Waals surface area contributed by atoms with Gasteiger partial charge in [-0.1, -0.05) is 37.1 Å². The maximum absolute atomic E-state index is 12.4. The zero-order valence-corrected chi connectivity index (χ0v) is 10.7. The van der Waals surface area contributed by atoms with Crippen LogP contribution in [0.2, 0.25) is 0 Å². The molecule has 0 bridgehead atoms. The molecule has 0 amide bonds. The standard InChI is InChI=1S/C16H20O2/c17-15-13(11-16(18)9-3-4-10-16)8-7-12-5-1-2-6-14(12)15/h1-2,5-6,13,18H,3-4,7-11H2. The van der Waals surface area contributed by atoms with Crippen LogP contribution in [0.1, 0.15) is 54.4 Å². The lowest BCUT2D eigenvalue weighted by atomic mass is 9.76. The van der Waals surface area contributed by atoms with Crippen LogP contribution in [0.3, 0.4) is 0 Å². The van der Waals surface area contributed by atoms with Gasteiger partial charge in [-0.25, -0.2) is 0 Å². The van der Waals surface area contributed by atoms with Crippen LogP contribution in [0.15, 0.2) is 24.3 Å². The van der Waals surface area contributed by atoms with Gasteiger partial charge in [-0.3, -0.25) is 4.79 Å². The zero-order chi connectivity index (χ0) is 12.6. The Morgan fingerprint density at radius 1 is 1.22 bits per heavy atom. The molecule has 2 heteroatoms. The Morgan fingerprint density at radius 2 is 1.94 bits per heavy atom. The molecule has 1 unspecified atom stereocenters. The van der Waals surface area contributed by atoms with Crippen LogP contribution >= 0.6 is 0 Å². The summed E-state index contributed by atoms with van der Waals surface area (Å²) < 4.78 is 0. The van der Waals surface area contributed by atoms with Gasteiger partial charge in [0.2, 0.25) is 0 Å². The van der Waals surface area contributed by atoms with Gasteiger partial charge in [0.15, 0.2) is 5.78 Å². The summed E-state index contributed by atoms with van der Waals surface area (Å²) in [5.74, 6) is 0.278. The van der Waals surface area contributed by atoms with Gasteiger partial charge >= 0.3 is 0 Å². The number of aliphatic hydroxyl groups is 1. The molecule has 0 heterocycles. The highest BCUT2D eigenvalue weighted by Gasteiger charge is 2.37. The SMILES string of the molecule is O=C1c2ccccc2CCC1CC1(O)CCCC1. The number of fused-ring (bicyclic) bond motifs is 1. The van der Waals surface area contributed by atoms with Crippen LogP contribution in [-0.2, 0) is 6.42 Å². The third-order valence-electron chi connectivity index (χ3n) is 4.58. The van der Waals surface area contributed by atoms with Gasteiger partial charge in [0.25, 0.3) is 0 Å². The number of Topliss-reactive ketones (excluding diaryl/α,β-unsaturated/α-hetero) is 1.